The van der Waals surface area contributed by atoms with E-state index in [4.69, 9.17) is 0 Å². The Hall–Kier alpha value is -1.55. The van der Waals surface area contributed by atoms with Crippen LogP contribution in [0, 0.1) is 0 Å². The highest BCUT2D eigenvalue weighted by Gasteiger charge is 2.30. The van der Waals surface area contributed by atoms with E-state index in [2.05, 4.69) is 15.9 Å². The van der Waals surface area contributed by atoms with E-state index in [0.29, 0.717) is 6.42 Å². The van der Waals surface area contributed by atoms with Crippen LogP contribution in [0.3, 0.4) is 0 Å². The maximum atomic E-state index is 12.0. The lowest BCUT2D eigenvalue weighted by atomic mass is 10.2. The molecule has 0 bridgehead atoms. The Labute approximate surface area is 114 Å². The first kappa shape index (κ1) is 11.5. The van der Waals surface area contributed by atoms with Crippen LogP contribution in [-0.2, 0) is 4.79 Å². The SMILES string of the molecule is O=C1CC(Br)CN1c1ccccc1-n1cccc1. The zero-order chi connectivity index (χ0) is 12.5. The van der Waals surface area contributed by atoms with Gasteiger partial charge in [0.15, 0.2) is 0 Å². The Kier molecular flexibility index (Phi) is 2.96. The van der Waals surface area contributed by atoms with E-state index in [9.17, 15) is 4.79 Å². The van der Waals surface area contributed by atoms with Crippen LogP contribution in [0.25, 0.3) is 5.69 Å². The third kappa shape index (κ3) is 1.97. The Balaban J connectivity index is 2.05. The van der Waals surface area contributed by atoms with Gasteiger partial charge in [0, 0.05) is 30.2 Å². The van der Waals surface area contributed by atoms with Crippen molar-refractivity contribution in [3.63, 3.8) is 0 Å². The largest absolute Gasteiger partial charge is 0.322 e. The number of rotatable bonds is 2. The fourth-order valence-corrected chi connectivity index (χ4v) is 2.87. The molecule has 0 spiro atoms. The van der Waals surface area contributed by atoms with E-state index in [-0.39, 0.29) is 10.7 Å². The molecule has 0 saturated carbocycles. The third-order valence-corrected chi connectivity index (χ3v) is 3.75. The number of hydrogen-bond donors (Lipinski definition) is 0. The molecule has 1 aliphatic rings. The quantitative estimate of drug-likeness (QED) is 0.783. The van der Waals surface area contributed by atoms with E-state index in [0.717, 1.165) is 17.9 Å². The lowest BCUT2D eigenvalue weighted by Crippen LogP contribution is -2.25. The minimum absolute atomic E-state index is 0.177. The fraction of sp³-hybridized carbons (Fsp3) is 0.214. The molecule has 1 amide bonds. The summed E-state index contributed by atoms with van der Waals surface area (Å²) in [5, 5.41) is 0. The summed E-state index contributed by atoms with van der Waals surface area (Å²) in [6, 6.07) is 12.0. The van der Waals surface area contributed by atoms with Crippen molar-refractivity contribution in [2.24, 2.45) is 0 Å². The first-order chi connectivity index (χ1) is 8.75. The molecule has 2 heterocycles. The fourth-order valence-electron chi connectivity index (χ4n) is 2.30. The molecule has 1 saturated heterocycles. The summed E-state index contributed by atoms with van der Waals surface area (Å²) in [7, 11) is 0. The number of alkyl halides is 1. The maximum absolute atomic E-state index is 12.0. The maximum Gasteiger partial charge on any atom is 0.228 e. The van der Waals surface area contributed by atoms with E-state index in [1.807, 2.05) is 58.3 Å². The highest BCUT2D eigenvalue weighted by atomic mass is 79.9. The van der Waals surface area contributed by atoms with Crippen LogP contribution >= 0.6 is 15.9 Å². The molecule has 1 aromatic heterocycles. The molecular formula is C14H13BrN2O. The van der Waals surface area contributed by atoms with Crippen LogP contribution in [0.1, 0.15) is 6.42 Å². The van der Waals surface area contributed by atoms with E-state index in [1.165, 1.54) is 0 Å². The van der Waals surface area contributed by atoms with Crippen LogP contribution in [0.5, 0.6) is 0 Å². The van der Waals surface area contributed by atoms with Gasteiger partial charge in [0.2, 0.25) is 5.91 Å². The summed E-state index contributed by atoms with van der Waals surface area (Å²) < 4.78 is 2.03. The van der Waals surface area contributed by atoms with Crippen molar-refractivity contribution >= 4 is 27.5 Å². The van der Waals surface area contributed by atoms with E-state index in [1.54, 1.807) is 0 Å². The molecule has 1 atom stereocenters. The van der Waals surface area contributed by atoms with E-state index >= 15 is 0 Å². The summed E-state index contributed by atoms with van der Waals surface area (Å²) in [4.78, 5) is 14.1. The number of para-hydroxylation sites is 2. The average Bonchev–Trinajstić information content (AvgIpc) is 2.99. The van der Waals surface area contributed by atoms with Gasteiger partial charge in [0.05, 0.1) is 11.4 Å². The van der Waals surface area contributed by atoms with Gasteiger partial charge in [-0.3, -0.25) is 4.79 Å². The van der Waals surface area contributed by atoms with Crippen LogP contribution in [0.4, 0.5) is 5.69 Å². The molecule has 3 nitrogen and oxygen atoms in total. The molecule has 2 aromatic rings. The second-order valence-corrected chi connectivity index (χ2v) is 5.68. The lowest BCUT2D eigenvalue weighted by molar-refractivity contribution is -0.117. The number of hydrogen-bond acceptors (Lipinski definition) is 1. The number of benzene rings is 1. The first-order valence-corrected chi connectivity index (χ1v) is 6.84. The van der Waals surface area contributed by atoms with Gasteiger partial charge in [-0.25, -0.2) is 0 Å². The topological polar surface area (TPSA) is 25.2 Å². The van der Waals surface area contributed by atoms with Crippen molar-refractivity contribution < 1.29 is 4.79 Å². The van der Waals surface area contributed by atoms with Gasteiger partial charge < -0.3 is 9.47 Å². The molecule has 1 aliphatic heterocycles. The smallest absolute Gasteiger partial charge is 0.228 e. The molecule has 18 heavy (non-hydrogen) atoms. The Bertz CT molecular complexity index is 565. The average molecular weight is 305 g/mol. The van der Waals surface area contributed by atoms with Crippen molar-refractivity contribution in [1.82, 2.24) is 4.57 Å². The van der Waals surface area contributed by atoms with Crippen LogP contribution in [0.15, 0.2) is 48.8 Å². The van der Waals surface area contributed by atoms with Crippen molar-refractivity contribution in [3.05, 3.63) is 48.8 Å². The van der Waals surface area contributed by atoms with Gasteiger partial charge in [-0.1, -0.05) is 28.1 Å². The predicted molar refractivity (Wildman–Crippen MR) is 75.5 cm³/mol. The van der Waals surface area contributed by atoms with Crippen molar-refractivity contribution in [2.75, 3.05) is 11.4 Å². The normalized spacial score (nSPS) is 19.5. The zero-order valence-electron chi connectivity index (χ0n) is 9.79. The number of carbonyl (C=O) groups excluding carboxylic acids is 1. The monoisotopic (exact) mass is 304 g/mol. The first-order valence-electron chi connectivity index (χ1n) is 5.92. The van der Waals surface area contributed by atoms with Gasteiger partial charge in [0.25, 0.3) is 0 Å². The number of amides is 1. The summed E-state index contributed by atoms with van der Waals surface area (Å²) in [6.45, 7) is 0.733. The highest BCUT2D eigenvalue weighted by Crippen LogP contribution is 2.30. The summed E-state index contributed by atoms with van der Waals surface area (Å²) in [5.41, 5.74) is 2.01. The zero-order valence-corrected chi connectivity index (χ0v) is 11.4. The minimum Gasteiger partial charge on any atom is -0.322 e. The van der Waals surface area contributed by atoms with Gasteiger partial charge in [-0.05, 0) is 24.3 Å². The van der Waals surface area contributed by atoms with Crippen LogP contribution in [0.2, 0.25) is 0 Å². The second-order valence-electron chi connectivity index (χ2n) is 4.38. The van der Waals surface area contributed by atoms with Gasteiger partial charge in [0.1, 0.15) is 0 Å². The van der Waals surface area contributed by atoms with Gasteiger partial charge >= 0.3 is 0 Å². The van der Waals surface area contributed by atoms with Gasteiger partial charge in [-0.15, -0.1) is 0 Å². The lowest BCUT2D eigenvalue weighted by Gasteiger charge is -2.20. The summed E-state index contributed by atoms with van der Waals surface area (Å²) >= 11 is 3.52. The minimum atomic E-state index is 0.177. The third-order valence-electron chi connectivity index (χ3n) is 3.13. The Morgan fingerprint density at radius 1 is 1.06 bits per heavy atom. The molecule has 92 valence electrons. The number of carbonyl (C=O) groups is 1. The molecular weight excluding hydrogens is 292 g/mol. The van der Waals surface area contributed by atoms with E-state index < -0.39 is 0 Å². The van der Waals surface area contributed by atoms with Crippen molar-refractivity contribution in [3.8, 4) is 5.69 Å². The molecule has 1 unspecified atom stereocenters. The van der Waals surface area contributed by atoms with Crippen LogP contribution < -0.4 is 4.90 Å². The molecule has 0 aliphatic carbocycles. The second kappa shape index (κ2) is 4.61. The van der Waals surface area contributed by atoms with Crippen molar-refractivity contribution in [1.29, 1.82) is 0 Å². The number of anilines is 1. The highest BCUT2D eigenvalue weighted by molar-refractivity contribution is 9.09. The molecule has 3 rings (SSSR count). The van der Waals surface area contributed by atoms with Crippen molar-refractivity contribution in [2.45, 2.75) is 11.2 Å². The van der Waals surface area contributed by atoms with Crippen LogP contribution in [-0.4, -0.2) is 21.8 Å². The number of nitrogens with zero attached hydrogens (tertiary/aromatic N) is 2. The number of aromatic nitrogens is 1. The summed E-state index contributed by atoms with van der Waals surface area (Å²) in [5.74, 6) is 0.177. The summed E-state index contributed by atoms with van der Waals surface area (Å²) in [6.07, 6.45) is 4.55. The standard InChI is InChI=1S/C14H13BrN2O/c15-11-9-14(18)17(10-11)13-6-2-1-5-12(13)16-7-3-4-8-16/h1-8,11H,9-10H2. The van der Waals surface area contributed by atoms with Gasteiger partial charge in [-0.2, -0.15) is 0 Å². The molecule has 0 radical (unpaired) electrons. The Morgan fingerprint density at radius 3 is 2.33 bits per heavy atom. The predicted octanol–water partition coefficient (Wildman–Crippen LogP) is 2.98. The molecule has 0 N–H and O–H groups in total. The molecule has 1 fully saturated rings. The molecule has 4 heteroatoms. The number of halogens is 1. The molecule has 1 aromatic carbocycles. The Morgan fingerprint density at radius 2 is 1.72 bits per heavy atom.